The molecule has 0 saturated carbocycles. The SMILES string of the molecule is Cc1ccc(NC(=O)c2ccc(C(=O)Nc3ccc(F)cc3)cc2)cc1. The smallest absolute Gasteiger partial charge is 0.255 e. The first-order chi connectivity index (χ1) is 12.5. The van der Waals surface area contributed by atoms with Crippen LogP contribution in [0.1, 0.15) is 26.3 Å². The molecule has 3 aromatic carbocycles. The van der Waals surface area contributed by atoms with Crippen LogP contribution in [0.3, 0.4) is 0 Å². The second kappa shape index (κ2) is 7.61. The fraction of sp³-hybridized carbons (Fsp3) is 0.0476. The molecule has 0 fully saturated rings. The molecule has 0 bridgehead atoms. The second-order valence-corrected chi connectivity index (χ2v) is 5.86. The van der Waals surface area contributed by atoms with E-state index in [0.717, 1.165) is 5.56 Å². The Hall–Kier alpha value is -3.47. The number of carbonyl (C=O) groups excluding carboxylic acids is 2. The van der Waals surface area contributed by atoms with Crippen molar-refractivity contribution in [3.8, 4) is 0 Å². The number of benzene rings is 3. The number of carbonyl (C=O) groups is 2. The third-order valence-electron chi connectivity index (χ3n) is 3.82. The highest BCUT2D eigenvalue weighted by molar-refractivity contribution is 6.07. The molecule has 26 heavy (non-hydrogen) atoms. The van der Waals surface area contributed by atoms with Crippen LogP contribution in [0, 0.1) is 12.7 Å². The van der Waals surface area contributed by atoms with Gasteiger partial charge in [-0.1, -0.05) is 17.7 Å². The largest absolute Gasteiger partial charge is 0.322 e. The Bertz CT molecular complexity index is 839. The van der Waals surface area contributed by atoms with Crippen molar-refractivity contribution in [2.24, 2.45) is 0 Å². The standard InChI is InChI=1S/C21H17FN2O2/c1-14-2-10-18(11-3-14)23-20(25)15-4-6-16(7-5-15)21(26)24-19-12-8-17(22)9-13-19/h2-13H,1H3,(H,23,25)(H,24,26). The van der Waals surface area contributed by atoms with Gasteiger partial charge in [-0.2, -0.15) is 0 Å². The van der Waals surface area contributed by atoms with E-state index in [1.54, 1.807) is 24.3 Å². The average molecular weight is 348 g/mol. The Kier molecular flexibility index (Phi) is 5.08. The molecule has 3 rings (SSSR count). The van der Waals surface area contributed by atoms with Crippen LogP contribution in [-0.2, 0) is 0 Å². The van der Waals surface area contributed by atoms with Crippen molar-refractivity contribution in [3.63, 3.8) is 0 Å². The summed E-state index contributed by atoms with van der Waals surface area (Å²) in [5, 5.41) is 5.48. The first kappa shape index (κ1) is 17.4. The molecule has 0 unspecified atom stereocenters. The van der Waals surface area contributed by atoms with E-state index in [1.807, 2.05) is 31.2 Å². The molecule has 130 valence electrons. The maximum absolute atomic E-state index is 12.9. The normalized spacial score (nSPS) is 10.2. The first-order valence-electron chi connectivity index (χ1n) is 8.06. The van der Waals surface area contributed by atoms with E-state index in [9.17, 15) is 14.0 Å². The molecule has 0 radical (unpaired) electrons. The molecule has 0 spiro atoms. The van der Waals surface area contributed by atoms with E-state index in [-0.39, 0.29) is 17.6 Å². The monoisotopic (exact) mass is 348 g/mol. The first-order valence-corrected chi connectivity index (χ1v) is 8.06. The lowest BCUT2D eigenvalue weighted by Gasteiger charge is -2.08. The van der Waals surface area contributed by atoms with E-state index in [0.29, 0.717) is 22.5 Å². The van der Waals surface area contributed by atoms with Gasteiger partial charge in [0.15, 0.2) is 0 Å². The van der Waals surface area contributed by atoms with Crippen LogP contribution in [0.4, 0.5) is 15.8 Å². The highest BCUT2D eigenvalue weighted by atomic mass is 19.1. The lowest BCUT2D eigenvalue weighted by molar-refractivity contribution is 0.101. The third kappa shape index (κ3) is 4.33. The molecule has 4 nitrogen and oxygen atoms in total. The summed E-state index contributed by atoms with van der Waals surface area (Å²) in [6.07, 6.45) is 0. The van der Waals surface area contributed by atoms with Gasteiger partial charge < -0.3 is 10.6 Å². The predicted molar refractivity (Wildman–Crippen MR) is 99.9 cm³/mol. The molecule has 0 aliphatic rings. The fourth-order valence-electron chi connectivity index (χ4n) is 2.35. The van der Waals surface area contributed by atoms with Gasteiger partial charge in [-0.3, -0.25) is 9.59 Å². The van der Waals surface area contributed by atoms with Crippen molar-refractivity contribution >= 4 is 23.2 Å². The van der Waals surface area contributed by atoms with E-state index in [1.165, 1.54) is 24.3 Å². The Balaban J connectivity index is 1.65. The average Bonchev–Trinajstić information content (AvgIpc) is 2.65. The summed E-state index contributed by atoms with van der Waals surface area (Å²) in [4.78, 5) is 24.5. The fourth-order valence-corrected chi connectivity index (χ4v) is 2.35. The minimum absolute atomic E-state index is 0.251. The highest BCUT2D eigenvalue weighted by Gasteiger charge is 2.10. The van der Waals surface area contributed by atoms with Crippen LogP contribution in [0.15, 0.2) is 72.8 Å². The van der Waals surface area contributed by atoms with Gasteiger partial charge in [-0.05, 0) is 67.6 Å². The van der Waals surface area contributed by atoms with E-state index in [2.05, 4.69) is 10.6 Å². The van der Waals surface area contributed by atoms with Crippen LogP contribution >= 0.6 is 0 Å². The van der Waals surface area contributed by atoms with E-state index >= 15 is 0 Å². The minimum Gasteiger partial charge on any atom is -0.322 e. The summed E-state index contributed by atoms with van der Waals surface area (Å²) < 4.78 is 12.9. The zero-order chi connectivity index (χ0) is 18.5. The molecule has 0 aliphatic heterocycles. The Morgan fingerprint density at radius 3 is 1.46 bits per heavy atom. The molecule has 0 aliphatic carbocycles. The molecule has 2 N–H and O–H groups in total. The molecular weight excluding hydrogens is 331 g/mol. The van der Waals surface area contributed by atoms with Crippen molar-refractivity contribution in [3.05, 3.63) is 95.3 Å². The summed E-state index contributed by atoms with van der Waals surface area (Å²) in [7, 11) is 0. The zero-order valence-electron chi connectivity index (χ0n) is 14.1. The number of hydrogen-bond donors (Lipinski definition) is 2. The molecule has 0 atom stereocenters. The summed E-state index contributed by atoms with van der Waals surface area (Å²) in [6.45, 7) is 1.97. The number of rotatable bonds is 4. The van der Waals surface area contributed by atoms with E-state index in [4.69, 9.17) is 0 Å². The molecule has 3 aromatic rings. The van der Waals surface area contributed by atoms with Gasteiger partial charge in [-0.25, -0.2) is 4.39 Å². The van der Waals surface area contributed by atoms with Gasteiger partial charge in [0.1, 0.15) is 5.82 Å². The summed E-state index contributed by atoms with van der Waals surface area (Å²) in [5.41, 5.74) is 3.17. The molecule has 0 aromatic heterocycles. The lowest BCUT2D eigenvalue weighted by atomic mass is 10.1. The summed E-state index contributed by atoms with van der Waals surface area (Å²) in [5.74, 6) is -0.951. The van der Waals surface area contributed by atoms with Gasteiger partial charge in [0.2, 0.25) is 0 Å². The van der Waals surface area contributed by atoms with Gasteiger partial charge >= 0.3 is 0 Å². The highest BCUT2D eigenvalue weighted by Crippen LogP contribution is 2.13. The van der Waals surface area contributed by atoms with Gasteiger partial charge in [0.05, 0.1) is 0 Å². The summed E-state index contributed by atoms with van der Waals surface area (Å²) >= 11 is 0. The molecule has 0 saturated heterocycles. The lowest BCUT2D eigenvalue weighted by Crippen LogP contribution is -2.14. The number of aryl methyl sites for hydroxylation is 1. The minimum atomic E-state index is -0.369. The topological polar surface area (TPSA) is 58.2 Å². The number of nitrogens with one attached hydrogen (secondary N) is 2. The predicted octanol–water partition coefficient (Wildman–Crippen LogP) is 4.64. The van der Waals surface area contributed by atoms with Gasteiger partial charge in [0, 0.05) is 22.5 Å². The van der Waals surface area contributed by atoms with E-state index < -0.39 is 0 Å². The number of anilines is 2. The van der Waals surface area contributed by atoms with Crippen molar-refractivity contribution in [2.45, 2.75) is 6.92 Å². The molecular formula is C21H17FN2O2. The van der Waals surface area contributed by atoms with Crippen molar-refractivity contribution in [1.82, 2.24) is 0 Å². The summed E-state index contributed by atoms with van der Waals surface area (Å²) in [6, 6.07) is 19.3. The Morgan fingerprint density at radius 2 is 1.04 bits per heavy atom. The van der Waals surface area contributed by atoms with Crippen molar-refractivity contribution in [2.75, 3.05) is 10.6 Å². The van der Waals surface area contributed by atoms with Crippen molar-refractivity contribution < 1.29 is 14.0 Å². The quantitative estimate of drug-likeness (QED) is 0.722. The number of hydrogen-bond acceptors (Lipinski definition) is 2. The second-order valence-electron chi connectivity index (χ2n) is 5.86. The molecule has 2 amide bonds. The van der Waals surface area contributed by atoms with Crippen molar-refractivity contribution in [1.29, 1.82) is 0 Å². The van der Waals surface area contributed by atoms with Gasteiger partial charge in [-0.15, -0.1) is 0 Å². The van der Waals surface area contributed by atoms with Crippen LogP contribution in [0.25, 0.3) is 0 Å². The maximum atomic E-state index is 12.9. The van der Waals surface area contributed by atoms with Crippen LogP contribution in [0.2, 0.25) is 0 Å². The molecule has 5 heteroatoms. The van der Waals surface area contributed by atoms with Crippen LogP contribution in [-0.4, -0.2) is 11.8 Å². The van der Waals surface area contributed by atoms with Crippen LogP contribution in [0.5, 0.6) is 0 Å². The Labute approximate surface area is 150 Å². The third-order valence-corrected chi connectivity index (χ3v) is 3.82. The zero-order valence-corrected chi connectivity index (χ0v) is 14.1. The number of amides is 2. The number of halogens is 1. The molecule has 0 heterocycles. The maximum Gasteiger partial charge on any atom is 0.255 e. The Morgan fingerprint density at radius 1 is 0.654 bits per heavy atom. The van der Waals surface area contributed by atoms with Crippen LogP contribution < -0.4 is 10.6 Å². The van der Waals surface area contributed by atoms with Gasteiger partial charge in [0.25, 0.3) is 11.8 Å².